The van der Waals surface area contributed by atoms with Crippen LogP contribution >= 0.6 is 0 Å². The van der Waals surface area contributed by atoms with E-state index in [9.17, 15) is 13.2 Å². The number of amides is 1. The molecule has 1 aliphatic rings. The fourth-order valence-corrected chi connectivity index (χ4v) is 4.36. The Morgan fingerprint density at radius 3 is 2.76 bits per heavy atom. The molecule has 1 aromatic rings. The molecule has 2 rings (SSSR count). The van der Waals surface area contributed by atoms with Crippen LogP contribution in [-0.4, -0.2) is 63.2 Å². The Bertz CT molecular complexity index is 636. The minimum absolute atomic E-state index is 0.0137. The number of hydrogen-bond donors (Lipinski definition) is 2. The Morgan fingerprint density at radius 2 is 2.04 bits per heavy atom. The lowest BCUT2D eigenvalue weighted by molar-refractivity contribution is -0.126. The van der Waals surface area contributed by atoms with Crippen LogP contribution in [0, 0.1) is 5.92 Å². The predicted octanol–water partition coefficient (Wildman–Crippen LogP) is 0.603. The smallest absolute Gasteiger partial charge is 0.243 e. The molecule has 0 aliphatic carbocycles. The van der Waals surface area contributed by atoms with Gasteiger partial charge in [0.25, 0.3) is 0 Å². The van der Waals surface area contributed by atoms with Crippen LogP contribution in [0.5, 0.6) is 0 Å². The standard InChI is InChI=1S/C17H26N2O5S/c20-11-13-24-12-5-9-18-17(21)15-6-4-10-19(14-15)25(22,23)16-7-2-1-3-8-16/h1-3,7-8,15,20H,4-6,9-14H2,(H,18,21). The molecular weight excluding hydrogens is 344 g/mol. The lowest BCUT2D eigenvalue weighted by atomic mass is 9.99. The van der Waals surface area contributed by atoms with Gasteiger partial charge in [0.2, 0.25) is 15.9 Å². The van der Waals surface area contributed by atoms with Gasteiger partial charge >= 0.3 is 0 Å². The van der Waals surface area contributed by atoms with Crippen molar-refractivity contribution < 1.29 is 23.1 Å². The molecule has 1 aromatic carbocycles. The van der Waals surface area contributed by atoms with Gasteiger partial charge < -0.3 is 15.2 Å². The number of benzene rings is 1. The molecule has 1 heterocycles. The summed E-state index contributed by atoms with van der Waals surface area (Å²) in [6, 6.07) is 8.31. The van der Waals surface area contributed by atoms with Crippen LogP contribution in [-0.2, 0) is 19.6 Å². The summed E-state index contributed by atoms with van der Waals surface area (Å²) in [5, 5.41) is 11.4. The Labute approximate surface area is 149 Å². The van der Waals surface area contributed by atoms with E-state index < -0.39 is 10.0 Å². The van der Waals surface area contributed by atoms with Crippen LogP contribution in [0.2, 0.25) is 0 Å². The molecule has 0 saturated carbocycles. The zero-order valence-electron chi connectivity index (χ0n) is 14.3. The number of nitrogens with one attached hydrogen (secondary N) is 1. The fraction of sp³-hybridized carbons (Fsp3) is 0.588. The fourth-order valence-electron chi connectivity index (χ4n) is 2.81. The van der Waals surface area contributed by atoms with Crippen LogP contribution in [0.3, 0.4) is 0 Å². The van der Waals surface area contributed by atoms with Crippen molar-refractivity contribution >= 4 is 15.9 Å². The summed E-state index contributed by atoms with van der Waals surface area (Å²) >= 11 is 0. The van der Waals surface area contributed by atoms with E-state index in [0.717, 1.165) is 0 Å². The van der Waals surface area contributed by atoms with Crippen molar-refractivity contribution in [1.82, 2.24) is 9.62 Å². The monoisotopic (exact) mass is 370 g/mol. The molecule has 0 radical (unpaired) electrons. The normalized spacial score (nSPS) is 18.8. The number of piperidine rings is 1. The van der Waals surface area contributed by atoms with Crippen molar-refractivity contribution in [2.75, 3.05) is 39.5 Å². The van der Waals surface area contributed by atoms with E-state index in [4.69, 9.17) is 9.84 Å². The van der Waals surface area contributed by atoms with Gasteiger partial charge in [0, 0.05) is 26.2 Å². The van der Waals surface area contributed by atoms with Crippen LogP contribution in [0.15, 0.2) is 35.2 Å². The first-order valence-corrected chi connectivity index (χ1v) is 10.0. The zero-order valence-corrected chi connectivity index (χ0v) is 15.1. The van der Waals surface area contributed by atoms with E-state index in [-0.39, 0.29) is 29.9 Å². The third-order valence-electron chi connectivity index (χ3n) is 4.14. The second-order valence-corrected chi connectivity index (χ2v) is 7.93. The quantitative estimate of drug-likeness (QED) is 0.621. The Balaban J connectivity index is 1.85. The molecule has 1 aliphatic heterocycles. The third kappa shape index (κ3) is 5.78. The summed E-state index contributed by atoms with van der Waals surface area (Å²) in [6.45, 7) is 1.88. The Morgan fingerprint density at radius 1 is 1.28 bits per heavy atom. The molecule has 25 heavy (non-hydrogen) atoms. The lowest BCUT2D eigenvalue weighted by Crippen LogP contribution is -2.45. The maximum atomic E-state index is 12.7. The Hall–Kier alpha value is -1.48. The minimum atomic E-state index is -3.55. The van der Waals surface area contributed by atoms with Gasteiger partial charge in [-0.3, -0.25) is 4.79 Å². The van der Waals surface area contributed by atoms with Crippen LogP contribution in [0.1, 0.15) is 19.3 Å². The van der Waals surface area contributed by atoms with Crippen molar-refractivity contribution in [3.8, 4) is 0 Å². The molecule has 0 aromatic heterocycles. The van der Waals surface area contributed by atoms with Gasteiger partial charge in [-0.15, -0.1) is 0 Å². The van der Waals surface area contributed by atoms with E-state index in [2.05, 4.69) is 5.32 Å². The summed E-state index contributed by atoms with van der Waals surface area (Å²) in [5.74, 6) is -0.444. The molecule has 1 amide bonds. The van der Waals surface area contributed by atoms with Gasteiger partial charge in [0.15, 0.2) is 0 Å². The molecule has 7 nitrogen and oxygen atoms in total. The first-order valence-electron chi connectivity index (χ1n) is 8.57. The van der Waals surface area contributed by atoms with Crippen molar-refractivity contribution in [2.45, 2.75) is 24.2 Å². The van der Waals surface area contributed by atoms with Gasteiger partial charge in [0.05, 0.1) is 24.0 Å². The Kier molecular flexibility index (Phi) is 7.83. The van der Waals surface area contributed by atoms with E-state index in [1.807, 2.05) is 0 Å². The second-order valence-electron chi connectivity index (χ2n) is 6.00. The molecule has 1 unspecified atom stereocenters. The van der Waals surface area contributed by atoms with Crippen molar-refractivity contribution in [3.63, 3.8) is 0 Å². The molecule has 0 spiro atoms. The van der Waals surface area contributed by atoms with Gasteiger partial charge in [-0.2, -0.15) is 4.31 Å². The number of aliphatic hydroxyl groups is 1. The highest BCUT2D eigenvalue weighted by molar-refractivity contribution is 7.89. The molecule has 2 N–H and O–H groups in total. The molecule has 1 atom stereocenters. The van der Waals surface area contributed by atoms with Gasteiger partial charge in [-0.1, -0.05) is 18.2 Å². The van der Waals surface area contributed by atoms with Crippen molar-refractivity contribution in [1.29, 1.82) is 0 Å². The topological polar surface area (TPSA) is 95.9 Å². The number of rotatable bonds is 9. The van der Waals surface area contributed by atoms with Crippen molar-refractivity contribution in [3.05, 3.63) is 30.3 Å². The zero-order chi connectivity index (χ0) is 18.1. The molecule has 1 fully saturated rings. The van der Waals surface area contributed by atoms with Gasteiger partial charge in [-0.25, -0.2) is 8.42 Å². The lowest BCUT2D eigenvalue weighted by Gasteiger charge is -2.31. The number of sulfonamides is 1. The van der Waals surface area contributed by atoms with Crippen molar-refractivity contribution in [2.24, 2.45) is 5.92 Å². The number of hydrogen-bond acceptors (Lipinski definition) is 5. The predicted molar refractivity (Wildman–Crippen MR) is 93.5 cm³/mol. The highest BCUT2D eigenvalue weighted by Crippen LogP contribution is 2.23. The average Bonchev–Trinajstić information content (AvgIpc) is 2.65. The van der Waals surface area contributed by atoms with Crippen LogP contribution < -0.4 is 5.32 Å². The molecule has 140 valence electrons. The summed E-state index contributed by atoms with van der Waals surface area (Å²) in [5.41, 5.74) is 0. The number of aliphatic hydroxyl groups excluding tert-OH is 1. The van der Waals surface area contributed by atoms with Crippen LogP contribution in [0.25, 0.3) is 0 Å². The summed E-state index contributed by atoms with van der Waals surface area (Å²) < 4.78 is 31.9. The number of carbonyl (C=O) groups excluding carboxylic acids is 1. The van der Waals surface area contributed by atoms with Crippen LogP contribution in [0.4, 0.5) is 0 Å². The van der Waals surface area contributed by atoms with E-state index in [1.54, 1.807) is 30.3 Å². The van der Waals surface area contributed by atoms with Gasteiger partial charge in [-0.05, 0) is 31.4 Å². The SMILES string of the molecule is O=C(NCCCOCCO)C1CCCN(S(=O)(=O)c2ccccc2)C1. The molecule has 8 heteroatoms. The number of nitrogens with zero attached hydrogens (tertiary/aromatic N) is 1. The highest BCUT2D eigenvalue weighted by atomic mass is 32.2. The summed E-state index contributed by atoms with van der Waals surface area (Å²) in [7, 11) is -3.55. The average molecular weight is 370 g/mol. The maximum absolute atomic E-state index is 12.7. The second kappa shape index (κ2) is 9.86. The van der Waals surface area contributed by atoms with E-state index >= 15 is 0 Å². The minimum Gasteiger partial charge on any atom is -0.394 e. The molecule has 1 saturated heterocycles. The first-order chi connectivity index (χ1) is 12.1. The first kappa shape index (κ1) is 19.8. The van der Waals surface area contributed by atoms with E-state index in [1.165, 1.54) is 4.31 Å². The highest BCUT2D eigenvalue weighted by Gasteiger charge is 2.33. The maximum Gasteiger partial charge on any atom is 0.243 e. The number of carbonyl (C=O) groups is 1. The van der Waals surface area contributed by atoms with E-state index in [0.29, 0.717) is 45.6 Å². The molecule has 0 bridgehead atoms. The summed E-state index contributed by atoms with van der Waals surface area (Å²) in [6.07, 6.45) is 2.02. The largest absolute Gasteiger partial charge is 0.394 e. The molecular formula is C17H26N2O5S. The van der Waals surface area contributed by atoms with Gasteiger partial charge in [0.1, 0.15) is 0 Å². The third-order valence-corrected chi connectivity index (χ3v) is 6.02. The number of ether oxygens (including phenoxy) is 1. The summed E-state index contributed by atoms with van der Waals surface area (Å²) in [4.78, 5) is 12.5.